The molecule has 0 unspecified atom stereocenters. The van der Waals surface area contributed by atoms with Crippen LogP contribution in [0.3, 0.4) is 0 Å². The van der Waals surface area contributed by atoms with Crippen LogP contribution in [0.1, 0.15) is 18.4 Å². The summed E-state index contributed by atoms with van der Waals surface area (Å²) in [6, 6.07) is 8.01. The normalized spacial score (nSPS) is 20.8. The van der Waals surface area contributed by atoms with Crippen LogP contribution in [0, 0.1) is 0 Å². The van der Waals surface area contributed by atoms with Crippen LogP contribution in [0.5, 0.6) is 5.75 Å². The highest BCUT2D eigenvalue weighted by Gasteiger charge is 2.26. The van der Waals surface area contributed by atoms with Crippen molar-refractivity contribution in [2.24, 2.45) is 5.73 Å². The van der Waals surface area contributed by atoms with E-state index >= 15 is 0 Å². The van der Waals surface area contributed by atoms with E-state index in [2.05, 4.69) is 16.0 Å². The number of para-hydroxylation sites is 1. The van der Waals surface area contributed by atoms with Crippen LogP contribution >= 0.6 is 0 Å². The van der Waals surface area contributed by atoms with Crippen LogP contribution in [0.25, 0.3) is 11.4 Å². The zero-order valence-corrected chi connectivity index (χ0v) is 13.6. The van der Waals surface area contributed by atoms with Gasteiger partial charge in [-0.15, -0.1) is 0 Å². The van der Waals surface area contributed by atoms with Gasteiger partial charge in [-0.2, -0.15) is 0 Å². The monoisotopic (exact) mass is 326 g/mol. The molecule has 2 aliphatic rings. The lowest BCUT2D eigenvalue weighted by Gasteiger charge is -2.30. The summed E-state index contributed by atoms with van der Waals surface area (Å²) in [5.74, 6) is 2.44. The van der Waals surface area contributed by atoms with E-state index in [1.54, 1.807) is 6.20 Å². The minimum Gasteiger partial charge on any atom is -0.488 e. The molecule has 1 fully saturated rings. The highest BCUT2D eigenvalue weighted by molar-refractivity contribution is 5.68. The maximum absolute atomic E-state index is 9.67. The Kier molecular flexibility index (Phi) is 4.08. The van der Waals surface area contributed by atoms with Gasteiger partial charge in [0.1, 0.15) is 17.7 Å². The van der Waals surface area contributed by atoms with E-state index in [-0.39, 0.29) is 12.2 Å². The SMILES string of the molecule is NC[C@@H]1Cc2cccc(-c3nccc(N4CCC(O)CC4)n3)c2O1. The number of rotatable bonds is 3. The first-order valence-electron chi connectivity index (χ1n) is 8.49. The van der Waals surface area contributed by atoms with Gasteiger partial charge in [-0.05, 0) is 30.5 Å². The Bertz CT molecular complexity index is 729. The van der Waals surface area contributed by atoms with Crippen LogP contribution < -0.4 is 15.4 Å². The fourth-order valence-electron chi connectivity index (χ4n) is 3.40. The van der Waals surface area contributed by atoms with Crippen LogP contribution in [0.4, 0.5) is 5.82 Å². The molecule has 2 aromatic rings. The zero-order valence-electron chi connectivity index (χ0n) is 13.6. The highest BCUT2D eigenvalue weighted by atomic mass is 16.5. The molecule has 0 aliphatic carbocycles. The van der Waals surface area contributed by atoms with Crippen molar-refractivity contribution in [3.05, 3.63) is 36.0 Å². The average Bonchev–Trinajstić information content (AvgIpc) is 3.06. The average molecular weight is 326 g/mol. The fraction of sp³-hybridized carbons (Fsp3) is 0.444. The van der Waals surface area contributed by atoms with E-state index < -0.39 is 0 Å². The lowest BCUT2D eigenvalue weighted by atomic mass is 10.1. The number of aromatic nitrogens is 2. The molecule has 1 saturated heterocycles. The third-order valence-corrected chi connectivity index (χ3v) is 4.76. The minimum absolute atomic E-state index is 0.0351. The van der Waals surface area contributed by atoms with E-state index in [4.69, 9.17) is 15.5 Å². The molecule has 2 aliphatic heterocycles. The van der Waals surface area contributed by atoms with Gasteiger partial charge in [0.25, 0.3) is 0 Å². The predicted molar refractivity (Wildman–Crippen MR) is 92.1 cm³/mol. The van der Waals surface area contributed by atoms with Crippen LogP contribution in [0.2, 0.25) is 0 Å². The van der Waals surface area contributed by atoms with Crippen molar-refractivity contribution >= 4 is 5.82 Å². The molecule has 0 saturated carbocycles. The first-order chi connectivity index (χ1) is 11.7. The summed E-state index contributed by atoms with van der Waals surface area (Å²) in [5, 5.41) is 9.67. The second-order valence-corrected chi connectivity index (χ2v) is 6.43. The van der Waals surface area contributed by atoms with Crippen molar-refractivity contribution in [1.82, 2.24) is 9.97 Å². The summed E-state index contributed by atoms with van der Waals surface area (Å²) >= 11 is 0. The van der Waals surface area contributed by atoms with Gasteiger partial charge in [-0.1, -0.05) is 12.1 Å². The second kappa shape index (κ2) is 6.37. The van der Waals surface area contributed by atoms with Crippen LogP contribution in [-0.2, 0) is 6.42 Å². The number of nitrogens with zero attached hydrogens (tertiary/aromatic N) is 3. The Morgan fingerprint density at radius 2 is 2.08 bits per heavy atom. The van der Waals surface area contributed by atoms with Gasteiger partial charge in [-0.3, -0.25) is 0 Å². The smallest absolute Gasteiger partial charge is 0.165 e. The predicted octanol–water partition coefficient (Wildman–Crippen LogP) is 1.37. The van der Waals surface area contributed by atoms with Gasteiger partial charge < -0.3 is 20.5 Å². The number of benzene rings is 1. The maximum Gasteiger partial charge on any atom is 0.165 e. The van der Waals surface area contributed by atoms with Gasteiger partial charge in [0.05, 0.1) is 11.7 Å². The molecule has 1 aromatic carbocycles. The molecular weight excluding hydrogens is 304 g/mol. The largest absolute Gasteiger partial charge is 0.488 e. The van der Waals surface area contributed by atoms with Crippen LogP contribution in [-0.4, -0.2) is 46.9 Å². The number of aliphatic hydroxyl groups excluding tert-OH is 1. The standard InChI is InChI=1S/C18H22N4O2/c19-11-14-10-12-2-1-3-15(17(12)24-14)18-20-7-4-16(21-18)22-8-5-13(23)6-9-22/h1-4,7,13-14,23H,5-6,8-11,19H2/t14-/m0/s1. The van der Waals surface area contributed by atoms with Crippen molar-refractivity contribution in [3.8, 4) is 17.1 Å². The molecule has 24 heavy (non-hydrogen) atoms. The van der Waals surface area contributed by atoms with Gasteiger partial charge in [-0.25, -0.2) is 9.97 Å². The molecule has 4 rings (SSSR count). The summed E-state index contributed by atoms with van der Waals surface area (Å²) < 4.78 is 5.99. The molecule has 0 radical (unpaired) electrons. The summed E-state index contributed by atoms with van der Waals surface area (Å²) in [4.78, 5) is 11.4. The molecule has 0 bridgehead atoms. The van der Waals surface area contributed by atoms with E-state index in [1.165, 1.54) is 0 Å². The van der Waals surface area contributed by atoms with Crippen LogP contribution in [0.15, 0.2) is 30.5 Å². The number of nitrogens with two attached hydrogens (primary N) is 1. The molecule has 0 amide bonds. The number of aliphatic hydroxyl groups is 1. The third-order valence-electron chi connectivity index (χ3n) is 4.76. The Morgan fingerprint density at radius 3 is 2.88 bits per heavy atom. The first-order valence-corrected chi connectivity index (χ1v) is 8.49. The fourth-order valence-corrected chi connectivity index (χ4v) is 3.40. The molecule has 126 valence electrons. The molecule has 1 atom stereocenters. The summed E-state index contributed by atoms with van der Waals surface area (Å²) in [5.41, 5.74) is 7.84. The molecule has 0 spiro atoms. The van der Waals surface area contributed by atoms with Gasteiger partial charge >= 0.3 is 0 Å². The van der Waals surface area contributed by atoms with Crippen molar-refractivity contribution in [1.29, 1.82) is 0 Å². The molecule has 3 heterocycles. The number of ether oxygens (including phenoxy) is 1. The summed E-state index contributed by atoms with van der Waals surface area (Å²) in [6.07, 6.45) is 4.03. The number of hydrogen-bond donors (Lipinski definition) is 2. The minimum atomic E-state index is -0.193. The van der Waals surface area contributed by atoms with E-state index in [0.717, 1.165) is 55.0 Å². The first kappa shape index (κ1) is 15.4. The van der Waals surface area contributed by atoms with Gasteiger partial charge in [0.15, 0.2) is 5.82 Å². The lowest BCUT2D eigenvalue weighted by molar-refractivity contribution is 0.145. The van der Waals surface area contributed by atoms with Crippen molar-refractivity contribution in [2.45, 2.75) is 31.5 Å². The second-order valence-electron chi connectivity index (χ2n) is 6.43. The van der Waals surface area contributed by atoms with Gasteiger partial charge in [0, 0.05) is 32.3 Å². The van der Waals surface area contributed by atoms with Crippen molar-refractivity contribution < 1.29 is 9.84 Å². The molecule has 3 N–H and O–H groups in total. The van der Waals surface area contributed by atoms with E-state index in [9.17, 15) is 5.11 Å². The van der Waals surface area contributed by atoms with Crippen molar-refractivity contribution in [3.63, 3.8) is 0 Å². The highest BCUT2D eigenvalue weighted by Crippen LogP contribution is 2.37. The lowest BCUT2D eigenvalue weighted by Crippen LogP contribution is -2.36. The Balaban J connectivity index is 1.64. The van der Waals surface area contributed by atoms with E-state index in [0.29, 0.717) is 12.4 Å². The maximum atomic E-state index is 9.67. The summed E-state index contributed by atoms with van der Waals surface area (Å²) in [6.45, 7) is 2.14. The molecular formula is C18H22N4O2. The molecule has 1 aromatic heterocycles. The Morgan fingerprint density at radius 1 is 1.25 bits per heavy atom. The number of anilines is 1. The Labute approximate surface area is 141 Å². The number of piperidine rings is 1. The quantitative estimate of drug-likeness (QED) is 0.886. The van der Waals surface area contributed by atoms with E-state index in [1.807, 2.05) is 18.2 Å². The number of fused-ring (bicyclic) bond motifs is 1. The zero-order chi connectivity index (χ0) is 16.5. The summed E-state index contributed by atoms with van der Waals surface area (Å²) in [7, 11) is 0. The van der Waals surface area contributed by atoms with Gasteiger partial charge in [0.2, 0.25) is 0 Å². The Hall–Kier alpha value is -2.18. The number of hydrogen-bond acceptors (Lipinski definition) is 6. The van der Waals surface area contributed by atoms with Crippen molar-refractivity contribution in [2.75, 3.05) is 24.5 Å². The molecule has 6 nitrogen and oxygen atoms in total. The topological polar surface area (TPSA) is 84.5 Å². The third kappa shape index (κ3) is 2.83. The molecule has 6 heteroatoms.